The first kappa shape index (κ1) is 21.6. The van der Waals surface area contributed by atoms with E-state index in [0.29, 0.717) is 5.69 Å². The number of anilines is 2. The molecule has 0 bridgehead atoms. The standard InChI is InChI=1S/C24H26N2O3S/c1-17-5-11-23(12-6-17)30(28,29)26(4)22-9-7-20(8-10-22)16-24(27)25-21-14-18(2)13-19(3)15-21/h5-15H,16H2,1-4H3,(H,25,27). The van der Waals surface area contributed by atoms with Gasteiger partial charge >= 0.3 is 0 Å². The molecule has 1 amide bonds. The average Bonchev–Trinajstić information content (AvgIpc) is 2.67. The van der Waals surface area contributed by atoms with Gasteiger partial charge in [0.1, 0.15) is 0 Å². The monoisotopic (exact) mass is 422 g/mol. The number of nitrogens with zero attached hydrogens (tertiary/aromatic N) is 1. The molecule has 156 valence electrons. The van der Waals surface area contributed by atoms with Crippen LogP contribution in [0.25, 0.3) is 0 Å². The molecular weight excluding hydrogens is 396 g/mol. The molecule has 3 rings (SSSR count). The minimum absolute atomic E-state index is 0.117. The average molecular weight is 423 g/mol. The van der Waals surface area contributed by atoms with Crippen LogP contribution in [0.15, 0.2) is 71.6 Å². The quantitative estimate of drug-likeness (QED) is 0.630. The van der Waals surface area contributed by atoms with E-state index < -0.39 is 10.0 Å². The van der Waals surface area contributed by atoms with E-state index in [1.54, 1.807) is 48.5 Å². The van der Waals surface area contributed by atoms with E-state index >= 15 is 0 Å². The van der Waals surface area contributed by atoms with Gasteiger partial charge in [0.2, 0.25) is 5.91 Å². The van der Waals surface area contributed by atoms with E-state index in [0.717, 1.165) is 27.9 Å². The molecule has 30 heavy (non-hydrogen) atoms. The van der Waals surface area contributed by atoms with Crippen LogP contribution in [0.2, 0.25) is 0 Å². The van der Waals surface area contributed by atoms with Crippen molar-refractivity contribution in [3.8, 4) is 0 Å². The molecule has 3 aromatic rings. The van der Waals surface area contributed by atoms with Crippen molar-refractivity contribution < 1.29 is 13.2 Å². The van der Waals surface area contributed by atoms with Crippen LogP contribution in [0.3, 0.4) is 0 Å². The lowest BCUT2D eigenvalue weighted by Gasteiger charge is -2.20. The second-order valence-electron chi connectivity index (χ2n) is 7.55. The Morgan fingerprint density at radius 2 is 1.40 bits per heavy atom. The van der Waals surface area contributed by atoms with E-state index in [2.05, 4.69) is 11.4 Å². The lowest BCUT2D eigenvalue weighted by Crippen LogP contribution is -2.26. The number of nitrogens with one attached hydrogen (secondary N) is 1. The third kappa shape index (κ3) is 5.07. The van der Waals surface area contributed by atoms with Crippen LogP contribution < -0.4 is 9.62 Å². The molecule has 3 aromatic carbocycles. The molecule has 0 heterocycles. The third-order valence-corrected chi connectivity index (χ3v) is 6.65. The zero-order valence-electron chi connectivity index (χ0n) is 17.6. The highest BCUT2D eigenvalue weighted by Crippen LogP contribution is 2.23. The maximum atomic E-state index is 12.8. The predicted molar refractivity (Wildman–Crippen MR) is 121 cm³/mol. The van der Waals surface area contributed by atoms with Crippen LogP contribution in [0, 0.1) is 20.8 Å². The van der Waals surface area contributed by atoms with E-state index in [1.807, 2.05) is 32.9 Å². The summed E-state index contributed by atoms with van der Waals surface area (Å²) in [6, 6.07) is 19.6. The van der Waals surface area contributed by atoms with Crippen LogP contribution in [0.1, 0.15) is 22.3 Å². The second-order valence-corrected chi connectivity index (χ2v) is 9.52. The number of hydrogen-bond donors (Lipinski definition) is 1. The lowest BCUT2D eigenvalue weighted by atomic mass is 10.1. The minimum Gasteiger partial charge on any atom is -0.326 e. The number of carbonyl (C=O) groups excluding carboxylic acids is 1. The number of rotatable bonds is 6. The van der Waals surface area contributed by atoms with Crippen molar-refractivity contribution in [1.29, 1.82) is 0 Å². The first-order chi connectivity index (χ1) is 14.1. The number of aryl methyl sites for hydroxylation is 3. The van der Waals surface area contributed by atoms with Crippen molar-refractivity contribution in [2.24, 2.45) is 0 Å². The number of sulfonamides is 1. The van der Waals surface area contributed by atoms with Crippen molar-refractivity contribution in [2.75, 3.05) is 16.7 Å². The Balaban J connectivity index is 1.69. The van der Waals surface area contributed by atoms with E-state index in [9.17, 15) is 13.2 Å². The molecular formula is C24H26N2O3S. The fraction of sp³-hybridized carbons (Fsp3) is 0.208. The molecule has 0 fully saturated rings. The number of amides is 1. The van der Waals surface area contributed by atoms with Crippen molar-refractivity contribution in [2.45, 2.75) is 32.1 Å². The Hall–Kier alpha value is -3.12. The first-order valence-electron chi connectivity index (χ1n) is 9.68. The molecule has 0 aliphatic heterocycles. The molecule has 0 spiro atoms. The SMILES string of the molecule is Cc1ccc(S(=O)(=O)N(C)c2ccc(CC(=O)Nc3cc(C)cc(C)c3)cc2)cc1. The van der Waals surface area contributed by atoms with Gasteiger partial charge in [-0.05, 0) is 73.9 Å². The molecule has 0 saturated heterocycles. The van der Waals surface area contributed by atoms with Gasteiger partial charge in [-0.3, -0.25) is 9.10 Å². The minimum atomic E-state index is -3.64. The Labute approximate surface area is 178 Å². The van der Waals surface area contributed by atoms with Crippen LogP contribution in [0.5, 0.6) is 0 Å². The fourth-order valence-corrected chi connectivity index (χ4v) is 4.46. The normalized spacial score (nSPS) is 11.2. The fourth-order valence-electron chi connectivity index (χ4n) is 3.27. The van der Waals surface area contributed by atoms with E-state index in [1.165, 1.54) is 11.4 Å². The van der Waals surface area contributed by atoms with Crippen molar-refractivity contribution in [3.05, 3.63) is 89.0 Å². The zero-order chi connectivity index (χ0) is 21.9. The van der Waals surface area contributed by atoms with Gasteiger partial charge in [0.15, 0.2) is 0 Å². The maximum Gasteiger partial charge on any atom is 0.264 e. The topological polar surface area (TPSA) is 66.5 Å². The molecule has 5 nitrogen and oxygen atoms in total. The Bertz CT molecular complexity index is 1130. The summed E-state index contributed by atoms with van der Waals surface area (Å²) in [6.07, 6.45) is 0.210. The van der Waals surface area contributed by atoms with Crippen molar-refractivity contribution in [1.82, 2.24) is 0 Å². The summed E-state index contributed by atoms with van der Waals surface area (Å²) in [5, 5.41) is 2.91. The summed E-state index contributed by atoms with van der Waals surface area (Å²) < 4.78 is 26.9. The summed E-state index contributed by atoms with van der Waals surface area (Å²) in [5.74, 6) is -0.117. The number of hydrogen-bond acceptors (Lipinski definition) is 3. The molecule has 0 radical (unpaired) electrons. The predicted octanol–water partition coefficient (Wildman–Crippen LogP) is 4.62. The smallest absolute Gasteiger partial charge is 0.264 e. The summed E-state index contributed by atoms with van der Waals surface area (Å²) >= 11 is 0. The highest BCUT2D eigenvalue weighted by atomic mass is 32.2. The van der Waals surface area contributed by atoms with Gasteiger partial charge < -0.3 is 5.32 Å². The molecule has 6 heteroatoms. The summed E-state index contributed by atoms with van der Waals surface area (Å²) in [6.45, 7) is 5.89. The van der Waals surface area contributed by atoms with Crippen molar-refractivity contribution >= 4 is 27.3 Å². The molecule has 0 unspecified atom stereocenters. The first-order valence-corrected chi connectivity index (χ1v) is 11.1. The summed E-state index contributed by atoms with van der Waals surface area (Å²) in [4.78, 5) is 12.6. The highest BCUT2D eigenvalue weighted by molar-refractivity contribution is 7.92. The largest absolute Gasteiger partial charge is 0.326 e. The molecule has 0 aliphatic carbocycles. The number of carbonyl (C=O) groups is 1. The van der Waals surface area contributed by atoms with Crippen LogP contribution in [-0.2, 0) is 21.2 Å². The van der Waals surface area contributed by atoms with Gasteiger partial charge in [-0.2, -0.15) is 0 Å². The molecule has 0 atom stereocenters. The summed E-state index contributed by atoms with van der Waals surface area (Å²) in [7, 11) is -2.11. The van der Waals surface area contributed by atoms with E-state index in [4.69, 9.17) is 0 Å². The highest BCUT2D eigenvalue weighted by Gasteiger charge is 2.21. The Kier molecular flexibility index (Phi) is 6.27. The van der Waals surface area contributed by atoms with Gasteiger partial charge in [-0.1, -0.05) is 35.9 Å². The van der Waals surface area contributed by atoms with Gasteiger partial charge in [-0.15, -0.1) is 0 Å². The van der Waals surface area contributed by atoms with Crippen LogP contribution in [0.4, 0.5) is 11.4 Å². The van der Waals surface area contributed by atoms with Gasteiger partial charge in [0, 0.05) is 12.7 Å². The lowest BCUT2D eigenvalue weighted by molar-refractivity contribution is -0.115. The third-order valence-electron chi connectivity index (χ3n) is 4.85. The molecule has 0 aromatic heterocycles. The van der Waals surface area contributed by atoms with Gasteiger partial charge in [-0.25, -0.2) is 8.42 Å². The molecule has 0 saturated carbocycles. The van der Waals surface area contributed by atoms with Crippen molar-refractivity contribution in [3.63, 3.8) is 0 Å². The van der Waals surface area contributed by atoms with Gasteiger partial charge in [0.25, 0.3) is 10.0 Å². The maximum absolute atomic E-state index is 12.8. The molecule has 0 aliphatic rings. The Morgan fingerprint density at radius 3 is 1.97 bits per heavy atom. The van der Waals surface area contributed by atoms with Crippen LogP contribution in [-0.4, -0.2) is 21.4 Å². The summed E-state index contributed by atoms with van der Waals surface area (Å²) in [5.41, 5.74) is 5.30. The second kappa shape index (κ2) is 8.71. The Morgan fingerprint density at radius 1 is 0.833 bits per heavy atom. The van der Waals surface area contributed by atoms with Crippen LogP contribution >= 0.6 is 0 Å². The molecule has 1 N–H and O–H groups in total. The van der Waals surface area contributed by atoms with Gasteiger partial charge in [0.05, 0.1) is 17.0 Å². The zero-order valence-corrected chi connectivity index (χ0v) is 18.5. The number of benzene rings is 3. The van der Waals surface area contributed by atoms with E-state index in [-0.39, 0.29) is 17.2 Å².